The highest BCUT2D eigenvalue weighted by Crippen LogP contribution is 2.24. The molecule has 3 heterocycles. The van der Waals surface area contributed by atoms with Crippen molar-refractivity contribution in [2.45, 2.75) is 38.4 Å². The minimum atomic E-state index is -0.225. The van der Waals surface area contributed by atoms with Crippen molar-refractivity contribution >= 4 is 5.91 Å². The number of hydrogen-bond donors (Lipinski definition) is 1. The van der Waals surface area contributed by atoms with Gasteiger partial charge in [0.05, 0.1) is 12.2 Å². The first-order chi connectivity index (χ1) is 11.7. The predicted molar refractivity (Wildman–Crippen MR) is 87.5 cm³/mol. The maximum Gasteiger partial charge on any atom is 0.240 e. The van der Waals surface area contributed by atoms with Crippen LogP contribution in [-0.2, 0) is 24.3 Å². The number of nitrogens with one attached hydrogen (secondary N) is 1. The molecule has 2 aromatic rings. The number of halogens is 1. The lowest BCUT2D eigenvalue weighted by Crippen LogP contribution is -2.47. The van der Waals surface area contributed by atoms with E-state index in [-0.39, 0.29) is 17.8 Å². The minimum Gasteiger partial charge on any atom is -0.336 e. The van der Waals surface area contributed by atoms with Crippen LogP contribution in [0.2, 0.25) is 0 Å². The number of hydrogen-bond acceptors (Lipinski definition) is 3. The van der Waals surface area contributed by atoms with Crippen molar-refractivity contribution in [3.8, 4) is 0 Å². The van der Waals surface area contributed by atoms with Crippen molar-refractivity contribution in [3.63, 3.8) is 0 Å². The van der Waals surface area contributed by atoms with Crippen molar-refractivity contribution in [1.29, 1.82) is 0 Å². The molecule has 2 aliphatic heterocycles. The summed E-state index contributed by atoms with van der Waals surface area (Å²) in [7, 11) is 0. The standard InChI is InChI=1S/C18H21FN4O/c19-15-5-3-13(4-6-15)11-22-8-1-2-17(22)18(24)23-9-7-16-14(12-23)10-20-21-16/h3-6,10,17H,1-2,7-9,11-12H2,(H,20,21). The summed E-state index contributed by atoms with van der Waals surface area (Å²) in [5, 5.41) is 7.07. The van der Waals surface area contributed by atoms with Crippen LogP contribution in [0.4, 0.5) is 4.39 Å². The molecule has 0 spiro atoms. The summed E-state index contributed by atoms with van der Waals surface area (Å²) < 4.78 is 13.1. The van der Waals surface area contributed by atoms with Crippen molar-refractivity contribution in [2.24, 2.45) is 0 Å². The van der Waals surface area contributed by atoms with Crippen LogP contribution in [-0.4, -0.2) is 45.0 Å². The van der Waals surface area contributed by atoms with Gasteiger partial charge < -0.3 is 4.90 Å². The van der Waals surface area contributed by atoms with E-state index in [4.69, 9.17) is 0 Å². The Kier molecular flexibility index (Phi) is 4.06. The summed E-state index contributed by atoms with van der Waals surface area (Å²) in [5.41, 5.74) is 3.32. The van der Waals surface area contributed by atoms with Crippen LogP contribution in [0.15, 0.2) is 30.5 Å². The number of nitrogens with zero attached hydrogens (tertiary/aromatic N) is 3. The zero-order chi connectivity index (χ0) is 16.5. The zero-order valence-corrected chi connectivity index (χ0v) is 13.5. The fourth-order valence-corrected chi connectivity index (χ4v) is 3.74. The number of benzene rings is 1. The molecule has 0 saturated carbocycles. The number of fused-ring (bicyclic) bond motifs is 1. The summed E-state index contributed by atoms with van der Waals surface area (Å²) >= 11 is 0. The lowest BCUT2D eigenvalue weighted by Gasteiger charge is -2.32. The Bertz CT molecular complexity index is 727. The summed E-state index contributed by atoms with van der Waals surface area (Å²) in [6.45, 7) is 3.00. The summed E-state index contributed by atoms with van der Waals surface area (Å²) in [4.78, 5) is 17.2. The largest absolute Gasteiger partial charge is 0.336 e. The first-order valence-electron chi connectivity index (χ1n) is 8.49. The number of amides is 1. The van der Waals surface area contributed by atoms with Crippen molar-refractivity contribution in [1.82, 2.24) is 20.0 Å². The van der Waals surface area contributed by atoms with E-state index in [2.05, 4.69) is 15.1 Å². The number of carbonyl (C=O) groups is 1. The topological polar surface area (TPSA) is 52.2 Å². The first kappa shape index (κ1) is 15.3. The maximum absolute atomic E-state index is 13.1. The van der Waals surface area contributed by atoms with Gasteiger partial charge in [-0.2, -0.15) is 5.10 Å². The van der Waals surface area contributed by atoms with Gasteiger partial charge in [-0.3, -0.25) is 14.8 Å². The molecule has 6 heteroatoms. The molecular formula is C18H21FN4O. The van der Waals surface area contributed by atoms with Crippen molar-refractivity contribution in [2.75, 3.05) is 13.1 Å². The number of aromatic nitrogens is 2. The van der Waals surface area contributed by atoms with Crippen LogP contribution in [0.3, 0.4) is 0 Å². The van der Waals surface area contributed by atoms with E-state index in [0.29, 0.717) is 13.1 Å². The monoisotopic (exact) mass is 328 g/mol. The van der Waals surface area contributed by atoms with E-state index in [1.165, 1.54) is 12.1 Å². The molecule has 2 aliphatic rings. The van der Waals surface area contributed by atoms with Gasteiger partial charge in [0.2, 0.25) is 5.91 Å². The second-order valence-corrected chi connectivity index (χ2v) is 6.64. The third kappa shape index (κ3) is 2.94. The summed E-state index contributed by atoms with van der Waals surface area (Å²) in [6, 6.07) is 6.49. The van der Waals surface area contributed by atoms with Gasteiger partial charge in [-0.15, -0.1) is 0 Å². The molecular weight excluding hydrogens is 307 g/mol. The van der Waals surface area contributed by atoms with Crippen LogP contribution in [0.1, 0.15) is 29.7 Å². The molecule has 126 valence electrons. The molecule has 0 aliphatic carbocycles. The van der Waals surface area contributed by atoms with Crippen molar-refractivity contribution in [3.05, 3.63) is 53.1 Å². The van der Waals surface area contributed by atoms with Gasteiger partial charge in [0.25, 0.3) is 0 Å². The number of aromatic amines is 1. The number of rotatable bonds is 3. The fraction of sp³-hybridized carbons (Fsp3) is 0.444. The Labute approximate surface area is 140 Å². The molecule has 1 N–H and O–H groups in total. The van der Waals surface area contributed by atoms with Gasteiger partial charge in [0.15, 0.2) is 0 Å². The van der Waals surface area contributed by atoms with Crippen LogP contribution < -0.4 is 0 Å². The smallest absolute Gasteiger partial charge is 0.240 e. The van der Waals surface area contributed by atoms with Crippen molar-refractivity contribution < 1.29 is 9.18 Å². The zero-order valence-electron chi connectivity index (χ0n) is 13.5. The van der Waals surface area contributed by atoms with E-state index in [1.54, 1.807) is 12.1 Å². The Hall–Kier alpha value is -2.21. The highest BCUT2D eigenvalue weighted by molar-refractivity contribution is 5.82. The van der Waals surface area contributed by atoms with Gasteiger partial charge in [0.1, 0.15) is 5.82 Å². The van der Waals surface area contributed by atoms with E-state index in [1.807, 2.05) is 11.1 Å². The van der Waals surface area contributed by atoms with Gasteiger partial charge in [0, 0.05) is 37.3 Å². The molecule has 1 aromatic heterocycles. The fourth-order valence-electron chi connectivity index (χ4n) is 3.74. The van der Waals surface area contributed by atoms with Crippen LogP contribution in [0, 0.1) is 5.82 Å². The van der Waals surface area contributed by atoms with Gasteiger partial charge in [-0.25, -0.2) is 4.39 Å². The molecule has 1 saturated heterocycles. The lowest BCUT2D eigenvalue weighted by molar-refractivity contribution is -0.137. The van der Waals surface area contributed by atoms with Crippen LogP contribution in [0.25, 0.3) is 0 Å². The molecule has 1 aromatic carbocycles. The number of likely N-dealkylation sites (tertiary alicyclic amines) is 1. The average Bonchev–Trinajstić information content (AvgIpc) is 3.24. The molecule has 1 amide bonds. The van der Waals surface area contributed by atoms with E-state index < -0.39 is 0 Å². The Balaban J connectivity index is 1.44. The second-order valence-electron chi connectivity index (χ2n) is 6.64. The van der Waals surface area contributed by atoms with Crippen LogP contribution in [0.5, 0.6) is 0 Å². The van der Waals surface area contributed by atoms with Gasteiger partial charge in [-0.1, -0.05) is 12.1 Å². The summed E-state index contributed by atoms with van der Waals surface area (Å²) in [6.07, 6.45) is 4.59. The van der Waals surface area contributed by atoms with E-state index in [0.717, 1.165) is 49.2 Å². The van der Waals surface area contributed by atoms with E-state index >= 15 is 0 Å². The highest BCUT2D eigenvalue weighted by atomic mass is 19.1. The minimum absolute atomic E-state index is 0.0662. The third-order valence-corrected chi connectivity index (χ3v) is 5.06. The quantitative estimate of drug-likeness (QED) is 0.939. The predicted octanol–water partition coefficient (Wildman–Crippen LogP) is 2.10. The third-order valence-electron chi connectivity index (χ3n) is 5.06. The number of carbonyl (C=O) groups excluding carboxylic acids is 1. The molecule has 0 bridgehead atoms. The molecule has 24 heavy (non-hydrogen) atoms. The van der Waals surface area contributed by atoms with E-state index in [9.17, 15) is 9.18 Å². The summed E-state index contributed by atoms with van der Waals surface area (Å²) in [5.74, 6) is -0.0153. The Morgan fingerprint density at radius 1 is 1.29 bits per heavy atom. The van der Waals surface area contributed by atoms with Crippen LogP contribution >= 0.6 is 0 Å². The average molecular weight is 328 g/mol. The number of H-pyrrole nitrogens is 1. The Morgan fingerprint density at radius 3 is 2.96 bits per heavy atom. The molecule has 1 atom stereocenters. The SMILES string of the molecule is O=C(C1CCCN1Cc1ccc(F)cc1)N1CCc2[nH]ncc2C1. The highest BCUT2D eigenvalue weighted by Gasteiger charge is 2.34. The van der Waals surface area contributed by atoms with Gasteiger partial charge in [-0.05, 0) is 37.1 Å². The molecule has 4 rings (SSSR count). The lowest BCUT2D eigenvalue weighted by atomic mass is 10.1. The molecule has 1 fully saturated rings. The second kappa shape index (κ2) is 6.36. The molecule has 0 radical (unpaired) electrons. The first-order valence-corrected chi connectivity index (χ1v) is 8.49. The molecule has 5 nitrogen and oxygen atoms in total. The molecule has 1 unspecified atom stereocenters. The maximum atomic E-state index is 13.1. The van der Waals surface area contributed by atoms with Gasteiger partial charge >= 0.3 is 0 Å². The normalized spacial score (nSPS) is 21.0. The Morgan fingerprint density at radius 2 is 2.12 bits per heavy atom.